The quantitative estimate of drug-likeness (QED) is 0.0971. The van der Waals surface area contributed by atoms with Gasteiger partial charge in [-0.2, -0.15) is 0 Å². The minimum absolute atomic E-state index is 0.0523. The van der Waals surface area contributed by atoms with E-state index in [4.69, 9.17) is 15.2 Å². The lowest BCUT2D eigenvalue weighted by Gasteiger charge is -2.40. The van der Waals surface area contributed by atoms with Crippen LogP contribution in [0.2, 0.25) is 0 Å². The molecule has 2 amide bonds. The predicted molar refractivity (Wildman–Crippen MR) is 327 cm³/mol. The Kier molecular flexibility index (Phi) is 20.3. The van der Waals surface area contributed by atoms with Gasteiger partial charge in [0.25, 0.3) is 5.91 Å². The summed E-state index contributed by atoms with van der Waals surface area (Å²) in [5, 5.41) is 22.9. The zero-order valence-electron chi connectivity index (χ0n) is 50.3. The second kappa shape index (κ2) is 25.8. The van der Waals surface area contributed by atoms with Crippen molar-refractivity contribution < 1.29 is 24.2 Å². The normalized spacial score (nSPS) is 19.4. The maximum atomic E-state index is 11.9. The van der Waals surface area contributed by atoms with Crippen LogP contribution >= 0.6 is 0 Å². The minimum Gasteiger partial charge on any atom is -0.478 e. The lowest BCUT2D eigenvalue weighted by molar-refractivity contribution is -0.131. The Bertz CT molecular complexity index is 2790. The first-order valence-corrected chi connectivity index (χ1v) is 28.8. The van der Waals surface area contributed by atoms with Gasteiger partial charge in [-0.05, 0) is 135 Å². The molecule has 2 bridgehead atoms. The van der Waals surface area contributed by atoms with Gasteiger partial charge in [0.1, 0.15) is 5.75 Å². The molecule has 4 atom stereocenters. The summed E-state index contributed by atoms with van der Waals surface area (Å²) in [7, 11) is 0. The fraction of sp³-hybridized carbons (Fsp3) is 0.522. The van der Waals surface area contributed by atoms with Crippen LogP contribution in [0.15, 0.2) is 97.1 Å². The number of rotatable bonds is 3. The monoisotopic (exact) mass is 1060 g/mol. The topological polar surface area (TPSA) is 150 Å². The lowest BCUT2D eigenvalue weighted by Crippen LogP contribution is -2.46. The van der Waals surface area contributed by atoms with Gasteiger partial charge >= 0.3 is 0 Å². The molecule has 1 saturated heterocycles. The van der Waals surface area contributed by atoms with Crippen molar-refractivity contribution in [2.45, 2.75) is 201 Å². The van der Waals surface area contributed by atoms with Crippen LogP contribution < -0.4 is 31.7 Å². The molecule has 1 unspecified atom stereocenters. The van der Waals surface area contributed by atoms with E-state index < -0.39 is 6.10 Å². The molecule has 5 aliphatic rings. The van der Waals surface area contributed by atoms with Crippen molar-refractivity contribution >= 4 is 40.3 Å². The van der Waals surface area contributed by atoms with E-state index in [-0.39, 0.29) is 51.7 Å². The van der Waals surface area contributed by atoms with E-state index in [1.54, 1.807) is 0 Å². The highest BCUT2D eigenvalue weighted by atomic mass is 16.5. The van der Waals surface area contributed by atoms with Gasteiger partial charge in [0.15, 0.2) is 6.10 Å². The molecule has 11 heteroatoms. The second-order valence-electron chi connectivity index (χ2n) is 26.1. The molecule has 5 heterocycles. The van der Waals surface area contributed by atoms with E-state index in [0.29, 0.717) is 25.4 Å². The molecule has 0 aliphatic carbocycles. The maximum absolute atomic E-state index is 11.9. The van der Waals surface area contributed by atoms with E-state index in [0.717, 1.165) is 55.4 Å². The van der Waals surface area contributed by atoms with Gasteiger partial charge in [-0.15, -0.1) is 0 Å². The molecule has 10 rings (SSSR count). The third-order valence-electron chi connectivity index (χ3n) is 15.3. The molecule has 424 valence electrons. The fourth-order valence-electron chi connectivity index (χ4n) is 9.91. The molecule has 7 N–H and O–H groups in total. The Hall–Kier alpha value is -6.04. The first kappa shape index (κ1) is 61.2. The van der Waals surface area contributed by atoms with E-state index in [1.807, 2.05) is 49.1 Å². The van der Waals surface area contributed by atoms with Crippen LogP contribution in [-0.4, -0.2) is 66.3 Å². The van der Waals surface area contributed by atoms with Crippen LogP contribution in [0.5, 0.6) is 5.75 Å². The molecular weight excluding hydrogens is 969 g/mol. The Morgan fingerprint density at radius 3 is 1.81 bits per heavy atom. The van der Waals surface area contributed by atoms with Crippen molar-refractivity contribution in [3.63, 3.8) is 0 Å². The van der Waals surface area contributed by atoms with Gasteiger partial charge in [-0.1, -0.05) is 158 Å². The third kappa shape index (κ3) is 16.5. The maximum Gasteiger partial charge on any atom is 0.265 e. The van der Waals surface area contributed by atoms with E-state index in [1.165, 1.54) is 68.7 Å². The Balaban J connectivity index is 0.000000159. The molecule has 0 spiro atoms. The number of fused-ring (bicyclic) bond motifs is 7. The van der Waals surface area contributed by atoms with Crippen molar-refractivity contribution in [2.24, 2.45) is 0 Å². The number of amides is 2. The summed E-state index contributed by atoms with van der Waals surface area (Å²) in [5.74, 6) is 1.49. The molecule has 78 heavy (non-hydrogen) atoms. The van der Waals surface area contributed by atoms with Gasteiger partial charge in [-0.3, -0.25) is 9.59 Å². The van der Waals surface area contributed by atoms with E-state index in [9.17, 15) is 14.7 Å². The summed E-state index contributed by atoms with van der Waals surface area (Å²) in [6.07, 6.45) is 4.00. The number of carbonyl (C=O) groups is 2. The minimum atomic E-state index is -0.392. The van der Waals surface area contributed by atoms with Crippen LogP contribution in [0.25, 0.3) is 0 Å². The lowest BCUT2D eigenvalue weighted by atomic mass is 9.82. The number of ether oxygens (including phenoxy) is 2. The van der Waals surface area contributed by atoms with Gasteiger partial charge in [-0.25, -0.2) is 0 Å². The first-order valence-electron chi connectivity index (χ1n) is 28.8. The number of benzene rings is 5. The van der Waals surface area contributed by atoms with Crippen molar-refractivity contribution in [3.8, 4) is 5.75 Å². The number of nitrogens with zero attached hydrogens (tertiary/aromatic N) is 1. The molecule has 0 radical (unpaired) electrons. The highest BCUT2D eigenvalue weighted by Gasteiger charge is 2.37. The van der Waals surface area contributed by atoms with Crippen LogP contribution in [0.1, 0.15) is 193 Å². The number of aliphatic hydroxyl groups is 1. The number of nitrogens with one attached hydrogen (secondary N) is 4. The number of nitrogens with two attached hydrogens (primary N) is 1. The fourth-order valence-corrected chi connectivity index (χ4v) is 9.91. The summed E-state index contributed by atoms with van der Waals surface area (Å²) in [4.78, 5) is 25.5. The number of anilines is 5. The van der Waals surface area contributed by atoms with Gasteiger partial charge in [0.05, 0.1) is 30.5 Å². The van der Waals surface area contributed by atoms with E-state index >= 15 is 0 Å². The van der Waals surface area contributed by atoms with Crippen molar-refractivity contribution in [3.05, 3.63) is 142 Å². The smallest absolute Gasteiger partial charge is 0.265 e. The number of aryl methyl sites for hydroxylation is 1. The summed E-state index contributed by atoms with van der Waals surface area (Å²) >= 11 is 0. The average Bonchev–Trinajstić information content (AvgIpc) is 3.38. The van der Waals surface area contributed by atoms with Crippen LogP contribution in [-0.2, 0) is 49.0 Å². The summed E-state index contributed by atoms with van der Waals surface area (Å²) in [5.41, 5.74) is 22.1. The highest BCUT2D eigenvalue weighted by Crippen LogP contribution is 2.41. The SMILES string of the molecule is CC(C)(C)c1ccc(N)cc1.CC(C)(C)c1ccc2c(c1)CCCN2.CC(C)(C)c1ccc2c(c1)[C@H]1C[C@@H](N2)[C@H](O)CO1.CCC1Oc2cc(C(C)(C)C)ccc2NC1=O.CCN1Cc2cc(C(C)C)ccc2NCCC1=O. The Labute approximate surface area is 469 Å². The largest absolute Gasteiger partial charge is 0.478 e. The predicted octanol–water partition coefficient (Wildman–Crippen LogP) is 14.6. The molecule has 5 aromatic carbocycles. The van der Waals surface area contributed by atoms with Gasteiger partial charge < -0.3 is 46.5 Å². The van der Waals surface area contributed by atoms with Crippen molar-refractivity contribution in [2.75, 3.05) is 53.2 Å². The first-order chi connectivity index (χ1) is 36.5. The average molecular weight is 1070 g/mol. The highest BCUT2D eigenvalue weighted by molar-refractivity contribution is 5.97. The van der Waals surface area contributed by atoms with Gasteiger partial charge in [0, 0.05) is 67.3 Å². The van der Waals surface area contributed by atoms with Crippen molar-refractivity contribution in [1.29, 1.82) is 0 Å². The zero-order chi connectivity index (χ0) is 57.3. The van der Waals surface area contributed by atoms with Crippen LogP contribution in [0.3, 0.4) is 0 Å². The van der Waals surface area contributed by atoms with Crippen molar-refractivity contribution in [1.82, 2.24) is 4.90 Å². The summed E-state index contributed by atoms with van der Waals surface area (Å²) in [6.45, 7) is 38.7. The molecule has 0 saturated carbocycles. The summed E-state index contributed by atoms with van der Waals surface area (Å²) in [6, 6.07) is 34.1. The Morgan fingerprint density at radius 1 is 0.654 bits per heavy atom. The second-order valence-corrected chi connectivity index (χ2v) is 26.1. The van der Waals surface area contributed by atoms with Crippen LogP contribution in [0, 0.1) is 0 Å². The molecule has 5 aliphatic heterocycles. The van der Waals surface area contributed by atoms with Crippen LogP contribution in [0.4, 0.5) is 28.4 Å². The molecule has 11 nitrogen and oxygen atoms in total. The molecule has 5 aromatic rings. The number of nitrogen functional groups attached to an aromatic ring is 1. The number of hydrogen-bond acceptors (Lipinski definition) is 9. The number of aliphatic hydroxyl groups excluding tert-OH is 1. The standard InChI is InChI=1S/C15H22N2O.C15H21NO2.C14H19NO2.C13H19N.C10H15N/c1-4-17-10-13-9-12(11(2)3)5-6-14(13)16-8-7-15(17)18;1-15(2,3)9-4-5-11-10(6-9)14-7-12(16-11)13(17)8-18-14;1-5-11-13(16)15-10-7-6-9(14(2,3)4)8-12(10)17-11;1-13(2,3)11-6-7-12-10(9-11)5-4-8-14-12;1-10(2,3)8-4-6-9(11)7-5-8/h5-6,9,11,16H,4,7-8,10H2,1-3H3;4-6,12-14,16-17H,7-8H2,1-3H3;6-8,11H,5H2,1-4H3,(H,15,16);6-7,9,14H,4-5,8H2,1-3H3;4-7H,11H2,1-3H3/t;12-,13-,14-;;;/m.1.../s1. The van der Waals surface area contributed by atoms with Gasteiger partial charge in [0.2, 0.25) is 5.91 Å². The third-order valence-corrected chi connectivity index (χ3v) is 15.3. The molecular formula is C67H96N6O5. The zero-order valence-corrected chi connectivity index (χ0v) is 50.3. The van der Waals surface area contributed by atoms with E-state index in [2.05, 4.69) is 185 Å². The Morgan fingerprint density at radius 2 is 1.21 bits per heavy atom. The molecule has 1 fully saturated rings. The summed E-state index contributed by atoms with van der Waals surface area (Å²) < 4.78 is 11.5. The number of hydrogen-bond donors (Lipinski definition) is 6. The molecule has 0 aromatic heterocycles. The number of carbonyl (C=O) groups excluding carboxylic acids is 2.